The Morgan fingerprint density at radius 2 is 2.35 bits per heavy atom. The summed E-state index contributed by atoms with van der Waals surface area (Å²) >= 11 is 0. The average Bonchev–Trinajstić information content (AvgIpc) is 2.34. The normalized spacial score (nSPS) is 11.4. The lowest BCUT2D eigenvalue weighted by molar-refractivity contribution is -0.137. The van der Waals surface area contributed by atoms with Gasteiger partial charge in [-0.25, -0.2) is 0 Å². The molecule has 0 aromatic carbocycles. The molecule has 1 N–H and O–H groups in total. The van der Waals surface area contributed by atoms with E-state index in [9.17, 15) is 4.79 Å². The highest BCUT2D eigenvalue weighted by atomic mass is 16.4. The fourth-order valence-corrected chi connectivity index (χ4v) is 1.45. The summed E-state index contributed by atoms with van der Waals surface area (Å²) in [4.78, 5) is 14.9. The fraction of sp³-hybridized carbons (Fsp3) is 0.429. The van der Waals surface area contributed by atoms with Gasteiger partial charge in [0.15, 0.2) is 0 Å². The first kappa shape index (κ1) is 13.2. The molecule has 0 fully saturated rings. The summed E-state index contributed by atoms with van der Waals surface area (Å²) in [5.41, 5.74) is 0.735. The highest BCUT2D eigenvalue weighted by molar-refractivity contribution is 5.68. The smallest absolute Gasteiger partial charge is 0.305 e. The lowest BCUT2D eigenvalue weighted by atomic mass is 10.0. The van der Waals surface area contributed by atoms with Crippen molar-refractivity contribution in [3.05, 3.63) is 30.1 Å². The summed E-state index contributed by atoms with van der Waals surface area (Å²) in [6.45, 7) is 2.11. The van der Waals surface area contributed by atoms with Crippen LogP contribution in [-0.2, 0) is 4.79 Å². The van der Waals surface area contributed by atoms with Crippen LogP contribution in [0.1, 0.15) is 44.2 Å². The van der Waals surface area contributed by atoms with Crippen molar-refractivity contribution < 1.29 is 9.90 Å². The molecule has 90 valence electrons. The number of hydrogen-bond donors (Lipinski definition) is 1. The summed E-state index contributed by atoms with van der Waals surface area (Å²) in [5.74, 6) is 4.90. The Kier molecular flexibility index (Phi) is 5.81. The van der Waals surface area contributed by atoms with E-state index in [0.717, 1.165) is 25.0 Å². The van der Waals surface area contributed by atoms with Crippen LogP contribution < -0.4 is 0 Å². The van der Waals surface area contributed by atoms with Crippen LogP contribution in [0.5, 0.6) is 0 Å². The van der Waals surface area contributed by atoms with Crippen molar-refractivity contribution in [2.75, 3.05) is 0 Å². The third-order valence-electron chi connectivity index (χ3n) is 2.36. The van der Waals surface area contributed by atoms with Crippen molar-refractivity contribution in [2.24, 2.45) is 0 Å². The second-order valence-corrected chi connectivity index (χ2v) is 3.83. The van der Waals surface area contributed by atoms with Gasteiger partial charge in [0.25, 0.3) is 0 Å². The summed E-state index contributed by atoms with van der Waals surface area (Å²) in [6.07, 6.45) is 4.64. The number of nitrogens with zero attached hydrogens (tertiary/aromatic N) is 1. The summed E-state index contributed by atoms with van der Waals surface area (Å²) in [6, 6.07) is 5.48. The van der Waals surface area contributed by atoms with E-state index in [0.29, 0.717) is 0 Å². The Bertz CT molecular complexity index is 403. The van der Waals surface area contributed by atoms with Crippen LogP contribution in [-0.4, -0.2) is 16.1 Å². The zero-order valence-electron chi connectivity index (χ0n) is 10.0. The van der Waals surface area contributed by atoms with Gasteiger partial charge < -0.3 is 5.11 Å². The van der Waals surface area contributed by atoms with Gasteiger partial charge >= 0.3 is 5.97 Å². The quantitative estimate of drug-likeness (QED) is 0.626. The second-order valence-electron chi connectivity index (χ2n) is 3.83. The predicted molar refractivity (Wildman–Crippen MR) is 66.5 cm³/mol. The molecular formula is C14H17NO2. The van der Waals surface area contributed by atoms with E-state index in [1.807, 2.05) is 18.2 Å². The molecule has 17 heavy (non-hydrogen) atoms. The molecule has 0 spiro atoms. The van der Waals surface area contributed by atoms with Crippen LogP contribution in [0.2, 0.25) is 0 Å². The third kappa shape index (κ3) is 5.17. The van der Waals surface area contributed by atoms with Gasteiger partial charge in [0.05, 0.1) is 18.0 Å². The van der Waals surface area contributed by atoms with Gasteiger partial charge in [-0.3, -0.25) is 9.78 Å². The fourth-order valence-electron chi connectivity index (χ4n) is 1.45. The minimum Gasteiger partial charge on any atom is -0.481 e. The van der Waals surface area contributed by atoms with E-state index in [-0.39, 0.29) is 12.3 Å². The average molecular weight is 231 g/mol. The number of carboxylic acids is 1. The molecule has 1 aromatic rings. The van der Waals surface area contributed by atoms with E-state index in [4.69, 9.17) is 5.11 Å². The van der Waals surface area contributed by atoms with Gasteiger partial charge in [-0.1, -0.05) is 25.3 Å². The molecule has 3 nitrogen and oxygen atoms in total. The van der Waals surface area contributed by atoms with Crippen LogP contribution in [0.3, 0.4) is 0 Å². The van der Waals surface area contributed by atoms with E-state index in [2.05, 4.69) is 23.7 Å². The van der Waals surface area contributed by atoms with Crippen molar-refractivity contribution in [2.45, 2.75) is 38.5 Å². The number of hydrogen-bond acceptors (Lipinski definition) is 2. The minimum absolute atomic E-state index is 0.0101. The molecule has 0 bridgehead atoms. The lowest BCUT2D eigenvalue weighted by Gasteiger charge is -2.06. The number of aliphatic carboxylic acids is 1. The first-order valence-corrected chi connectivity index (χ1v) is 5.85. The Labute approximate surface area is 102 Å². The van der Waals surface area contributed by atoms with Crippen molar-refractivity contribution >= 4 is 5.97 Å². The van der Waals surface area contributed by atoms with E-state index in [1.165, 1.54) is 0 Å². The third-order valence-corrected chi connectivity index (χ3v) is 2.36. The van der Waals surface area contributed by atoms with Gasteiger partial charge in [-0.2, -0.15) is 0 Å². The van der Waals surface area contributed by atoms with Crippen LogP contribution in [0.15, 0.2) is 24.4 Å². The van der Waals surface area contributed by atoms with Crippen LogP contribution in [0.25, 0.3) is 0 Å². The van der Waals surface area contributed by atoms with Gasteiger partial charge in [0, 0.05) is 12.6 Å². The van der Waals surface area contributed by atoms with Crippen LogP contribution in [0.4, 0.5) is 0 Å². The lowest BCUT2D eigenvalue weighted by Crippen LogP contribution is -2.06. The Morgan fingerprint density at radius 1 is 1.53 bits per heavy atom. The minimum atomic E-state index is -0.842. The van der Waals surface area contributed by atoms with Gasteiger partial charge in [-0.05, 0) is 18.6 Å². The zero-order chi connectivity index (χ0) is 12.5. The van der Waals surface area contributed by atoms with Crippen LogP contribution >= 0.6 is 0 Å². The number of aromatic nitrogens is 1. The topological polar surface area (TPSA) is 50.2 Å². The summed E-state index contributed by atoms with van der Waals surface area (Å²) in [7, 11) is 0. The predicted octanol–water partition coefficient (Wildman–Crippen LogP) is 2.83. The number of carbonyl (C=O) groups is 1. The highest BCUT2D eigenvalue weighted by Crippen LogP contribution is 2.16. The van der Waals surface area contributed by atoms with Crippen molar-refractivity contribution in [1.29, 1.82) is 0 Å². The van der Waals surface area contributed by atoms with Crippen molar-refractivity contribution in [3.8, 4) is 11.8 Å². The SMILES string of the molecule is CCCCC#CC(CC(=O)O)c1ccccn1. The Morgan fingerprint density at radius 3 is 2.94 bits per heavy atom. The van der Waals surface area contributed by atoms with E-state index >= 15 is 0 Å². The maximum atomic E-state index is 10.8. The molecule has 3 heteroatoms. The van der Waals surface area contributed by atoms with Gasteiger partial charge in [0.1, 0.15) is 0 Å². The van der Waals surface area contributed by atoms with Gasteiger partial charge in [-0.15, -0.1) is 5.92 Å². The monoisotopic (exact) mass is 231 g/mol. The summed E-state index contributed by atoms with van der Waals surface area (Å²) in [5, 5.41) is 8.85. The number of pyridine rings is 1. The van der Waals surface area contributed by atoms with Gasteiger partial charge in [0.2, 0.25) is 0 Å². The highest BCUT2D eigenvalue weighted by Gasteiger charge is 2.13. The maximum absolute atomic E-state index is 10.8. The Hall–Kier alpha value is -1.82. The second kappa shape index (κ2) is 7.45. The molecule has 0 aliphatic rings. The Balaban J connectivity index is 2.73. The molecule has 1 heterocycles. The first-order valence-electron chi connectivity index (χ1n) is 5.85. The molecular weight excluding hydrogens is 214 g/mol. The largest absolute Gasteiger partial charge is 0.481 e. The van der Waals surface area contributed by atoms with Crippen molar-refractivity contribution in [1.82, 2.24) is 4.98 Å². The molecule has 0 aliphatic heterocycles. The number of rotatable bonds is 5. The maximum Gasteiger partial charge on any atom is 0.305 e. The first-order chi connectivity index (χ1) is 8.24. The summed E-state index contributed by atoms with van der Waals surface area (Å²) < 4.78 is 0. The number of unbranched alkanes of at least 4 members (excludes halogenated alkanes) is 2. The van der Waals surface area contributed by atoms with Crippen molar-refractivity contribution in [3.63, 3.8) is 0 Å². The van der Waals surface area contributed by atoms with Crippen LogP contribution in [0, 0.1) is 11.8 Å². The molecule has 0 amide bonds. The molecule has 0 aliphatic carbocycles. The molecule has 0 radical (unpaired) electrons. The zero-order valence-corrected chi connectivity index (χ0v) is 10.0. The standard InChI is InChI=1S/C14H17NO2/c1-2-3-4-5-8-12(11-14(16)17)13-9-6-7-10-15-13/h6-7,9-10,12H,2-4,11H2,1H3,(H,16,17). The molecule has 0 saturated carbocycles. The molecule has 1 rings (SSSR count). The molecule has 1 atom stereocenters. The molecule has 1 unspecified atom stereocenters. The van der Waals surface area contributed by atoms with E-state index in [1.54, 1.807) is 6.20 Å². The van der Waals surface area contributed by atoms with E-state index < -0.39 is 5.97 Å². The number of carboxylic acid groups (broad SMARTS) is 1. The molecule has 1 aromatic heterocycles. The molecule has 0 saturated heterocycles.